The van der Waals surface area contributed by atoms with Crippen molar-refractivity contribution < 1.29 is 22.5 Å². The first kappa shape index (κ1) is 19.7. The third-order valence-electron chi connectivity index (χ3n) is 3.73. The second-order valence-corrected chi connectivity index (χ2v) is 7.53. The van der Waals surface area contributed by atoms with E-state index in [2.05, 4.69) is 4.72 Å². The molecule has 6 nitrogen and oxygen atoms in total. The van der Waals surface area contributed by atoms with Gasteiger partial charge in [-0.2, -0.15) is 13.1 Å². The molecule has 0 aliphatic carbocycles. The Balaban J connectivity index is 2.51. The van der Waals surface area contributed by atoms with E-state index in [0.717, 1.165) is 23.0 Å². The van der Waals surface area contributed by atoms with Gasteiger partial charge in [-0.3, -0.25) is 0 Å². The van der Waals surface area contributed by atoms with Crippen molar-refractivity contribution in [3.05, 3.63) is 65.5 Å². The van der Waals surface area contributed by atoms with Crippen molar-refractivity contribution in [3.8, 4) is 0 Å². The fraction of sp³-hybridized carbons (Fsp3) is 0.263. The van der Waals surface area contributed by atoms with Gasteiger partial charge in [0, 0.05) is 0 Å². The zero-order chi connectivity index (χ0) is 19.3. The SMILES string of the molecule is CCOC(=O)C=C(NS(=O)(=O)c1ccc(C)cc1)[n+]1c(C)cccc1C. The first-order valence-electron chi connectivity index (χ1n) is 8.21. The molecule has 0 saturated heterocycles. The summed E-state index contributed by atoms with van der Waals surface area (Å²) in [6, 6.07) is 12.0. The van der Waals surface area contributed by atoms with Crippen molar-refractivity contribution in [3.63, 3.8) is 0 Å². The van der Waals surface area contributed by atoms with Gasteiger partial charge >= 0.3 is 21.8 Å². The van der Waals surface area contributed by atoms with E-state index in [-0.39, 0.29) is 17.3 Å². The minimum absolute atomic E-state index is 0.111. The van der Waals surface area contributed by atoms with Gasteiger partial charge in [-0.25, -0.2) is 9.36 Å². The molecule has 1 heterocycles. The van der Waals surface area contributed by atoms with Crippen LogP contribution in [0.1, 0.15) is 23.9 Å². The Morgan fingerprint density at radius 1 is 1.08 bits per heavy atom. The fourth-order valence-corrected chi connectivity index (χ4v) is 3.52. The molecule has 26 heavy (non-hydrogen) atoms. The van der Waals surface area contributed by atoms with E-state index in [1.54, 1.807) is 23.6 Å². The molecular formula is C19H23N2O4S+. The van der Waals surface area contributed by atoms with Gasteiger partial charge in [0.2, 0.25) is 0 Å². The largest absolute Gasteiger partial charge is 0.463 e. The van der Waals surface area contributed by atoms with Crippen LogP contribution in [0, 0.1) is 20.8 Å². The van der Waals surface area contributed by atoms with Crippen LogP contribution in [0.2, 0.25) is 0 Å². The van der Waals surface area contributed by atoms with Gasteiger partial charge in [0.05, 0.1) is 6.61 Å². The van der Waals surface area contributed by atoms with Gasteiger partial charge < -0.3 is 4.74 Å². The molecule has 0 atom stereocenters. The summed E-state index contributed by atoms with van der Waals surface area (Å²) in [7, 11) is -3.87. The molecule has 2 aromatic rings. The summed E-state index contributed by atoms with van der Waals surface area (Å²) in [5.74, 6) is -0.510. The molecule has 1 N–H and O–H groups in total. The standard InChI is InChI=1S/C19H22N2O4S/c1-5-25-19(22)13-18(21-15(3)7-6-8-16(21)4)20-26(23,24)17-11-9-14(2)10-12-17/h6-13H,5H2,1-4H3/p+1. The predicted molar refractivity (Wildman–Crippen MR) is 98.5 cm³/mol. The highest BCUT2D eigenvalue weighted by Crippen LogP contribution is 2.12. The number of ether oxygens (including phenoxy) is 1. The molecule has 0 radical (unpaired) electrons. The summed E-state index contributed by atoms with van der Waals surface area (Å²) in [4.78, 5) is 12.1. The molecule has 0 bridgehead atoms. The van der Waals surface area contributed by atoms with Crippen LogP contribution in [0.15, 0.2) is 53.4 Å². The maximum atomic E-state index is 12.8. The topological polar surface area (TPSA) is 76.3 Å². The molecular weight excluding hydrogens is 352 g/mol. The summed E-state index contributed by atoms with van der Waals surface area (Å²) >= 11 is 0. The minimum Gasteiger partial charge on any atom is -0.463 e. The zero-order valence-corrected chi connectivity index (χ0v) is 16.1. The van der Waals surface area contributed by atoms with E-state index in [1.807, 2.05) is 39.0 Å². The predicted octanol–water partition coefficient (Wildman–Crippen LogP) is 2.24. The summed E-state index contributed by atoms with van der Waals surface area (Å²) in [6.45, 7) is 7.42. The van der Waals surface area contributed by atoms with E-state index in [4.69, 9.17) is 4.74 Å². The Morgan fingerprint density at radius 2 is 1.65 bits per heavy atom. The number of carbonyl (C=O) groups is 1. The Bertz CT molecular complexity index is 912. The van der Waals surface area contributed by atoms with Crippen molar-refractivity contribution in [2.45, 2.75) is 32.6 Å². The highest BCUT2D eigenvalue weighted by Gasteiger charge is 2.26. The Morgan fingerprint density at radius 3 is 2.19 bits per heavy atom. The van der Waals surface area contributed by atoms with Gasteiger partial charge in [0.1, 0.15) is 22.4 Å². The summed E-state index contributed by atoms with van der Waals surface area (Å²) < 4.78 is 34.7. The number of aromatic nitrogens is 1. The third-order valence-corrected chi connectivity index (χ3v) is 5.10. The van der Waals surface area contributed by atoms with Crippen LogP contribution < -0.4 is 9.29 Å². The van der Waals surface area contributed by atoms with E-state index in [1.165, 1.54) is 12.1 Å². The van der Waals surface area contributed by atoms with Gasteiger partial charge in [-0.1, -0.05) is 23.8 Å². The lowest BCUT2D eigenvalue weighted by Crippen LogP contribution is -2.46. The summed E-state index contributed by atoms with van der Waals surface area (Å²) in [5, 5.41) is 0. The molecule has 0 saturated carbocycles. The van der Waals surface area contributed by atoms with Crippen LogP contribution in [0.25, 0.3) is 5.82 Å². The molecule has 2 rings (SSSR count). The van der Waals surface area contributed by atoms with Crippen LogP contribution in [0.5, 0.6) is 0 Å². The summed E-state index contributed by atoms with van der Waals surface area (Å²) in [6.07, 6.45) is 1.15. The number of nitrogens with one attached hydrogen (secondary N) is 1. The quantitative estimate of drug-likeness (QED) is 0.477. The van der Waals surface area contributed by atoms with Gasteiger partial charge in [-0.05, 0) is 52.0 Å². The van der Waals surface area contributed by atoms with Gasteiger partial charge in [0.15, 0.2) is 0 Å². The number of pyridine rings is 1. The van der Waals surface area contributed by atoms with Crippen LogP contribution in [-0.4, -0.2) is 21.0 Å². The van der Waals surface area contributed by atoms with Crippen molar-refractivity contribution in [1.82, 2.24) is 4.72 Å². The normalized spacial score (nSPS) is 11.9. The number of rotatable bonds is 6. The van der Waals surface area contributed by atoms with Crippen molar-refractivity contribution in [2.24, 2.45) is 0 Å². The first-order chi connectivity index (χ1) is 12.2. The smallest absolute Gasteiger partial charge is 0.339 e. The fourth-order valence-electron chi connectivity index (χ4n) is 2.48. The van der Waals surface area contributed by atoms with Crippen molar-refractivity contribution in [1.29, 1.82) is 0 Å². The van der Waals surface area contributed by atoms with E-state index < -0.39 is 16.0 Å². The number of hydrogen-bond donors (Lipinski definition) is 1. The summed E-state index contributed by atoms with van der Waals surface area (Å²) in [5.41, 5.74) is 2.50. The molecule has 0 aliphatic heterocycles. The molecule has 0 aliphatic rings. The highest BCUT2D eigenvalue weighted by molar-refractivity contribution is 7.89. The maximum absolute atomic E-state index is 12.8. The second-order valence-electron chi connectivity index (χ2n) is 5.84. The lowest BCUT2D eigenvalue weighted by atomic mass is 10.2. The molecule has 0 spiro atoms. The molecule has 1 aromatic heterocycles. The molecule has 1 aromatic carbocycles. The van der Waals surface area contributed by atoms with Gasteiger partial charge in [-0.15, -0.1) is 0 Å². The van der Waals surface area contributed by atoms with Crippen LogP contribution in [0.3, 0.4) is 0 Å². The number of aryl methyl sites for hydroxylation is 3. The average Bonchev–Trinajstić information content (AvgIpc) is 2.54. The Labute approximate surface area is 154 Å². The Hall–Kier alpha value is -2.67. The van der Waals surface area contributed by atoms with E-state index >= 15 is 0 Å². The zero-order valence-electron chi connectivity index (χ0n) is 15.3. The van der Waals surface area contributed by atoms with E-state index in [0.29, 0.717) is 0 Å². The lowest BCUT2D eigenvalue weighted by Gasteiger charge is -2.11. The number of benzene rings is 1. The monoisotopic (exact) mass is 375 g/mol. The second kappa shape index (κ2) is 8.14. The van der Waals surface area contributed by atoms with E-state index in [9.17, 15) is 13.2 Å². The first-order valence-corrected chi connectivity index (χ1v) is 9.69. The minimum atomic E-state index is -3.87. The number of hydrogen-bond acceptors (Lipinski definition) is 4. The van der Waals surface area contributed by atoms with Crippen LogP contribution in [-0.2, 0) is 19.6 Å². The number of carbonyl (C=O) groups excluding carboxylic acids is 1. The molecule has 0 fully saturated rings. The van der Waals surface area contributed by atoms with Gasteiger partial charge in [0.25, 0.3) is 0 Å². The molecule has 138 valence electrons. The average molecular weight is 375 g/mol. The molecule has 7 heteroatoms. The highest BCUT2D eigenvalue weighted by atomic mass is 32.2. The lowest BCUT2D eigenvalue weighted by molar-refractivity contribution is -0.598. The molecule has 0 amide bonds. The van der Waals surface area contributed by atoms with Crippen LogP contribution >= 0.6 is 0 Å². The van der Waals surface area contributed by atoms with Crippen LogP contribution in [0.4, 0.5) is 0 Å². The van der Waals surface area contributed by atoms with Crippen molar-refractivity contribution >= 4 is 21.8 Å². The third kappa shape index (κ3) is 4.70. The Kier molecular flexibility index (Phi) is 6.15. The number of sulfonamides is 1. The number of esters is 1. The van der Waals surface area contributed by atoms with Crippen molar-refractivity contribution in [2.75, 3.05) is 6.61 Å². The molecule has 0 unspecified atom stereocenters. The maximum Gasteiger partial charge on any atom is 0.339 e. The number of nitrogens with zero attached hydrogens (tertiary/aromatic N) is 1.